The number of anilines is 3. The van der Waals surface area contributed by atoms with Gasteiger partial charge in [0.2, 0.25) is 0 Å². The molecule has 0 radical (unpaired) electrons. The van der Waals surface area contributed by atoms with E-state index in [1.807, 2.05) is 6.07 Å². The zero-order valence-electron chi connectivity index (χ0n) is 19.8. The van der Waals surface area contributed by atoms with Crippen molar-refractivity contribution in [2.24, 2.45) is 0 Å². The molecule has 1 saturated heterocycles. The molecule has 0 spiro atoms. The van der Waals surface area contributed by atoms with E-state index in [9.17, 15) is 9.18 Å². The van der Waals surface area contributed by atoms with Crippen LogP contribution in [0.2, 0.25) is 0 Å². The van der Waals surface area contributed by atoms with Crippen LogP contribution in [0.5, 0.6) is 0 Å². The Bertz CT molecular complexity index is 1070. The highest BCUT2D eigenvalue weighted by atomic mass is 19.1. The van der Waals surface area contributed by atoms with Gasteiger partial charge in [0.1, 0.15) is 5.82 Å². The Kier molecular flexibility index (Phi) is 5.53. The second-order valence-corrected chi connectivity index (χ2v) is 10.3. The van der Waals surface area contributed by atoms with Crippen LogP contribution in [0.25, 0.3) is 5.57 Å². The summed E-state index contributed by atoms with van der Waals surface area (Å²) in [4.78, 5) is 14.8. The fourth-order valence-corrected chi connectivity index (χ4v) is 5.07. The van der Waals surface area contributed by atoms with Crippen LogP contribution < -0.4 is 16.0 Å². The van der Waals surface area contributed by atoms with Crippen LogP contribution in [-0.4, -0.2) is 35.0 Å². The summed E-state index contributed by atoms with van der Waals surface area (Å²) < 4.78 is 13.4. The molecule has 2 aromatic carbocycles. The average molecular weight is 437 g/mol. The predicted octanol–water partition coefficient (Wildman–Crippen LogP) is 5.60. The number of fused-ring (bicyclic) bond motifs is 1. The highest BCUT2D eigenvalue weighted by molar-refractivity contribution is 6.31. The number of rotatable bonds is 4. The Morgan fingerprint density at radius 3 is 2.44 bits per heavy atom. The molecular weight excluding hydrogens is 403 g/mol. The molecule has 0 bridgehead atoms. The van der Waals surface area contributed by atoms with E-state index in [0.717, 1.165) is 29.8 Å². The van der Waals surface area contributed by atoms with Gasteiger partial charge < -0.3 is 16.0 Å². The van der Waals surface area contributed by atoms with Crippen LogP contribution in [0, 0.1) is 12.7 Å². The summed E-state index contributed by atoms with van der Waals surface area (Å²) in [6.45, 7) is 11.3. The molecule has 0 aromatic heterocycles. The molecule has 3 N–H and O–H groups in total. The molecule has 6 heteroatoms. The number of piperidine rings is 1. The summed E-state index contributed by atoms with van der Waals surface area (Å²) in [5.41, 5.74) is 5.12. The van der Waals surface area contributed by atoms with E-state index >= 15 is 0 Å². The van der Waals surface area contributed by atoms with Crippen molar-refractivity contribution in [2.75, 3.05) is 23.0 Å². The van der Waals surface area contributed by atoms with E-state index in [0.29, 0.717) is 22.9 Å². The van der Waals surface area contributed by atoms with Gasteiger partial charge in [0.05, 0.1) is 11.3 Å². The summed E-state index contributed by atoms with van der Waals surface area (Å²) in [6.07, 6.45) is 3.84. The van der Waals surface area contributed by atoms with Gasteiger partial charge in [-0.2, -0.15) is 0 Å². The first-order valence-corrected chi connectivity index (χ1v) is 11.2. The monoisotopic (exact) mass is 436 g/mol. The molecule has 170 valence electrons. The third kappa shape index (κ3) is 4.24. The van der Waals surface area contributed by atoms with Crippen LogP contribution in [0.4, 0.5) is 21.5 Å². The molecule has 2 aliphatic heterocycles. The van der Waals surface area contributed by atoms with Crippen molar-refractivity contribution in [2.45, 2.75) is 64.6 Å². The summed E-state index contributed by atoms with van der Waals surface area (Å²) >= 11 is 0. The van der Waals surface area contributed by atoms with E-state index < -0.39 is 0 Å². The number of halogens is 1. The minimum absolute atomic E-state index is 0.127. The van der Waals surface area contributed by atoms with Crippen molar-refractivity contribution < 1.29 is 9.18 Å². The summed E-state index contributed by atoms with van der Waals surface area (Å²) in [5.74, 6) is -0.603. The molecule has 4 rings (SSSR count). The first-order chi connectivity index (χ1) is 15.0. The quantitative estimate of drug-likeness (QED) is 0.546. The molecule has 1 amide bonds. The minimum Gasteiger partial charge on any atom is -0.382 e. The number of nitrogens with zero attached hydrogens (tertiary/aromatic N) is 1. The normalized spacial score (nSPS) is 21.3. The van der Waals surface area contributed by atoms with Crippen LogP contribution >= 0.6 is 0 Å². The molecular formula is C26H33FN4O. The maximum atomic E-state index is 13.4. The van der Waals surface area contributed by atoms with Gasteiger partial charge in [-0.3, -0.25) is 9.69 Å². The molecule has 2 heterocycles. The molecule has 2 aromatic rings. The lowest BCUT2D eigenvalue weighted by atomic mass is 9.77. The van der Waals surface area contributed by atoms with Crippen LogP contribution in [-0.2, 0) is 4.79 Å². The van der Waals surface area contributed by atoms with E-state index in [4.69, 9.17) is 0 Å². The van der Waals surface area contributed by atoms with Gasteiger partial charge in [-0.15, -0.1) is 0 Å². The zero-order chi connectivity index (χ0) is 23.3. The minimum atomic E-state index is -0.367. The number of carbonyl (C=O) groups is 1. The van der Waals surface area contributed by atoms with Gasteiger partial charge in [0, 0.05) is 40.3 Å². The summed E-state index contributed by atoms with van der Waals surface area (Å²) in [7, 11) is 2.22. The number of likely N-dealkylation sites (tertiary alicyclic amines) is 1. The second-order valence-electron chi connectivity index (χ2n) is 10.3. The highest BCUT2D eigenvalue weighted by Gasteiger charge is 2.43. The van der Waals surface area contributed by atoms with E-state index in [2.05, 4.69) is 74.6 Å². The predicted molar refractivity (Wildman–Crippen MR) is 130 cm³/mol. The number of aryl methyl sites for hydroxylation is 1. The van der Waals surface area contributed by atoms with Crippen molar-refractivity contribution in [3.63, 3.8) is 0 Å². The number of amides is 1. The fraction of sp³-hybridized carbons (Fsp3) is 0.423. The molecule has 0 saturated carbocycles. The van der Waals surface area contributed by atoms with Gasteiger partial charge in [0.25, 0.3) is 5.91 Å². The van der Waals surface area contributed by atoms with Crippen LogP contribution in [0.15, 0.2) is 42.6 Å². The molecule has 5 nitrogen and oxygen atoms in total. The first kappa shape index (κ1) is 22.3. The maximum Gasteiger partial charge on any atom is 0.257 e. The third-order valence-corrected chi connectivity index (χ3v) is 7.04. The van der Waals surface area contributed by atoms with Crippen LogP contribution in [0.3, 0.4) is 0 Å². The van der Waals surface area contributed by atoms with E-state index in [1.54, 1.807) is 12.3 Å². The summed E-state index contributed by atoms with van der Waals surface area (Å²) in [5, 5.41) is 9.69. The molecule has 32 heavy (non-hydrogen) atoms. The highest BCUT2D eigenvalue weighted by Crippen LogP contribution is 2.38. The lowest BCUT2D eigenvalue weighted by molar-refractivity contribution is -0.110. The number of hydrogen-bond donors (Lipinski definition) is 3. The first-order valence-electron chi connectivity index (χ1n) is 11.2. The van der Waals surface area contributed by atoms with Gasteiger partial charge in [-0.05, 0) is 96.5 Å². The topological polar surface area (TPSA) is 56.4 Å². The van der Waals surface area contributed by atoms with Crippen LogP contribution in [0.1, 0.15) is 51.7 Å². The van der Waals surface area contributed by atoms with Crippen molar-refractivity contribution in [3.8, 4) is 0 Å². The molecule has 1 fully saturated rings. The number of carbonyl (C=O) groups excluding carboxylic acids is 1. The summed E-state index contributed by atoms with van der Waals surface area (Å²) in [6, 6.07) is 10.9. The molecule has 0 unspecified atom stereocenters. The number of benzene rings is 2. The number of hydrogen-bond acceptors (Lipinski definition) is 4. The Hall–Kier alpha value is -2.86. The lowest BCUT2D eigenvalue weighted by Gasteiger charge is -2.54. The van der Waals surface area contributed by atoms with Gasteiger partial charge >= 0.3 is 0 Å². The standard InChI is InChI=1S/C26H33FN4O/c1-16-11-18(28-15-21-20-9-7-17(27)12-23(20)30-24(21)32)8-10-22(16)29-19-13-25(2,3)31(6)26(4,5)14-19/h7-12,15,19,28-29H,13-14H2,1-6H3,(H,30,32). The fourth-order valence-electron chi connectivity index (χ4n) is 5.07. The molecule has 0 atom stereocenters. The van der Waals surface area contributed by atoms with Gasteiger partial charge in [-0.1, -0.05) is 0 Å². The van der Waals surface area contributed by atoms with Gasteiger partial charge in [-0.25, -0.2) is 4.39 Å². The SMILES string of the molecule is Cc1cc(NC=C2C(=O)Nc3cc(F)ccc32)ccc1NC1CC(C)(C)N(C)C(C)(C)C1. The van der Waals surface area contributed by atoms with Crippen molar-refractivity contribution in [1.29, 1.82) is 0 Å². The van der Waals surface area contributed by atoms with E-state index in [-0.39, 0.29) is 22.8 Å². The molecule has 2 aliphatic rings. The van der Waals surface area contributed by atoms with E-state index in [1.165, 1.54) is 12.1 Å². The number of nitrogens with one attached hydrogen (secondary N) is 3. The maximum absolute atomic E-state index is 13.4. The Balaban J connectivity index is 1.48. The van der Waals surface area contributed by atoms with Crippen molar-refractivity contribution >= 4 is 28.5 Å². The second kappa shape index (κ2) is 7.93. The zero-order valence-corrected chi connectivity index (χ0v) is 19.8. The Labute approximate surface area is 190 Å². The van der Waals surface area contributed by atoms with Crippen molar-refractivity contribution in [3.05, 3.63) is 59.5 Å². The average Bonchev–Trinajstić information content (AvgIpc) is 3.00. The largest absolute Gasteiger partial charge is 0.382 e. The third-order valence-electron chi connectivity index (χ3n) is 7.04. The Morgan fingerprint density at radius 2 is 1.78 bits per heavy atom. The molecule has 0 aliphatic carbocycles. The van der Waals surface area contributed by atoms with Gasteiger partial charge in [0.15, 0.2) is 0 Å². The Morgan fingerprint density at radius 1 is 1.09 bits per heavy atom. The lowest BCUT2D eigenvalue weighted by Crippen LogP contribution is -2.61. The smallest absolute Gasteiger partial charge is 0.257 e. The van der Waals surface area contributed by atoms with Crippen molar-refractivity contribution in [1.82, 2.24) is 4.90 Å².